The Hall–Kier alpha value is -3.44. The van der Waals surface area contributed by atoms with E-state index in [9.17, 15) is 14.7 Å². The quantitative estimate of drug-likeness (QED) is 0.345. The maximum absolute atomic E-state index is 13.6. The van der Waals surface area contributed by atoms with Crippen molar-refractivity contribution in [3.8, 4) is 5.75 Å². The average molecular weight is 513 g/mol. The summed E-state index contributed by atoms with van der Waals surface area (Å²) in [6, 6.07) is 4.75. The van der Waals surface area contributed by atoms with E-state index in [0.717, 1.165) is 30.6 Å². The van der Waals surface area contributed by atoms with Crippen LogP contribution >= 0.6 is 0 Å². The van der Waals surface area contributed by atoms with Crippen LogP contribution < -0.4 is 25.2 Å². The lowest BCUT2D eigenvalue weighted by molar-refractivity contribution is -0.176. The Balaban J connectivity index is 1.50. The Morgan fingerprint density at radius 1 is 1.27 bits per heavy atom. The molecule has 0 aliphatic carbocycles. The molecule has 0 spiro atoms. The van der Waals surface area contributed by atoms with Crippen LogP contribution in [0.2, 0.25) is 0 Å². The minimum atomic E-state index is -1.18. The first kappa shape index (κ1) is 26.6. The number of piperidine rings is 1. The number of nitrogens with one attached hydrogen (secondary N) is 2. The number of ether oxygens (including phenoxy) is 2. The zero-order valence-corrected chi connectivity index (χ0v) is 21.9. The third-order valence-corrected chi connectivity index (χ3v) is 6.24. The SMILES string of the molecule is CCNC(=O)c1cc(C)c2c(n1)N(C(=O)Nc1cc(OCCCOC(C)(C)O)ccn1)C1CCCN2C1. The van der Waals surface area contributed by atoms with E-state index in [2.05, 4.69) is 25.5 Å². The lowest BCUT2D eigenvalue weighted by Gasteiger charge is -2.46. The maximum atomic E-state index is 13.6. The maximum Gasteiger partial charge on any atom is 0.329 e. The molecule has 200 valence electrons. The topological polar surface area (TPSA) is 129 Å². The van der Waals surface area contributed by atoms with Gasteiger partial charge in [0, 0.05) is 38.3 Å². The number of aryl methyl sites for hydroxylation is 1. The number of anilines is 3. The highest BCUT2D eigenvalue weighted by Gasteiger charge is 2.39. The van der Waals surface area contributed by atoms with Gasteiger partial charge >= 0.3 is 6.03 Å². The number of fused-ring (bicyclic) bond motifs is 4. The molecular weight excluding hydrogens is 476 g/mol. The third kappa shape index (κ3) is 6.47. The van der Waals surface area contributed by atoms with Gasteiger partial charge in [0.05, 0.1) is 24.9 Å². The molecule has 1 fully saturated rings. The number of urea groups is 1. The Kier molecular flexibility index (Phi) is 8.13. The Morgan fingerprint density at radius 3 is 2.84 bits per heavy atom. The van der Waals surface area contributed by atoms with Gasteiger partial charge in [0.2, 0.25) is 0 Å². The van der Waals surface area contributed by atoms with Gasteiger partial charge in [-0.15, -0.1) is 0 Å². The molecule has 0 saturated carbocycles. The zero-order valence-electron chi connectivity index (χ0n) is 21.9. The molecule has 0 aromatic carbocycles. The summed E-state index contributed by atoms with van der Waals surface area (Å²) in [7, 11) is 0. The third-order valence-electron chi connectivity index (χ3n) is 6.24. The van der Waals surface area contributed by atoms with Gasteiger partial charge in [-0.3, -0.25) is 15.0 Å². The Bertz CT molecular complexity index is 1130. The number of hydrogen-bond acceptors (Lipinski definition) is 8. The van der Waals surface area contributed by atoms with Crippen LogP contribution in [0.4, 0.5) is 22.1 Å². The first-order valence-electron chi connectivity index (χ1n) is 12.8. The van der Waals surface area contributed by atoms with Gasteiger partial charge in [0.1, 0.15) is 17.3 Å². The Morgan fingerprint density at radius 2 is 2.08 bits per heavy atom. The molecule has 2 bridgehead atoms. The largest absolute Gasteiger partial charge is 0.493 e. The van der Waals surface area contributed by atoms with Crippen LogP contribution in [0, 0.1) is 6.92 Å². The van der Waals surface area contributed by atoms with E-state index < -0.39 is 5.79 Å². The van der Waals surface area contributed by atoms with Gasteiger partial charge < -0.3 is 24.8 Å². The highest BCUT2D eigenvalue weighted by Crippen LogP contribution is 2.40. The van der Waals surface area contributed by atoms with Gasteiger partial charge in [-0.25, -0.2) is 14.8 Å². The molecule has 4 heterocycles. The standard InChI is InChI=1S/C26H36N6O5/c1-5-27-24(33)20-14-17(2)22-23(29-20)32(18-8-6-11-31(22)16-18)25(34)30-21-15-19(9-10-28-21)36-12-7-13-37-26(3,4)35/h9-10,14-15,18,35H,5-8,11-13,16H2,1-4H3,(H,27,33)(H,28,30,34). The zero-order chi connectivity index (χ0) is 26.6. The lowest BCUT2D eigenvalue weighted by Crippen LogP contribution is -2.56. The van der Waals surface area contributed by atoms with Crippen molar-refractivity contribution in [1.82, 2.24) is 15.3 Å². The molecule has 1 saturated heterocycles. The number of pyridine rings is 2. The van der Waals surface area contributed by atoms with Crippen LogP contribution in [0.25, 0.3) is 0 Å². The van der Waals surface area contributed by atoms with Gasteiger partial charge in [0.25, 0.3) is 5.91 Å². The van der Waals surface area contributed by atoms with E-state index in [-0.39, 0.29) is 18.0 Å². The molecule has 4 rings (SSSR count). The smallest absolute Gasteiger partial charge is 0.329 e. The van der Waals surface area contributed by atoms with Crippen LogP contribution in [0.1, 0.15) is 56.1 Å². The second kappa shape index (κ2) is 11.3. The summed E-state index contributed by atoms with van der Waals surface area (Å²) < 4.78 is 11.0. The number of amides is 3. The van der Waals surface area contributed by atoms with Gasteiger partial charge in [0.15, 0.2) is 11.6 Å². The minimum absolute atomic E-state index is 0.0622. The molecule has 11 heteroatoms. The molecule has 2 aliphatic rings. The fourth-order valence-corrected chi connectivity index (χ4v) is 4.69. The highest BCUT2D eigenvalue weighted by molar-refractivity contribution is 6.05. The van der Waals surface area contributed by atoms with Crippen molar-refractivity contribution in [3.63, 3.8) is 0 Å². The van der Waals surface area contributed by atoms with Gasteiger partial charge in [-0.2, -0.15) is 0 Å². The summed E-state index contributed by atoms with van der Waals surface area (Å²) in [6.07, 6.45) is 3.97. The molecule has 2 aromatic heterocycles. The molecule has 37 heavy (non-hydrogen) atoms. The molecule has 2 aliphatic heterocycles. The second-order valence-corrected chi connectivity index (χ2v) is 9.77. The van der Waals surface area contributed by atoms with Crippen molar-refractivity contribution in [3.05, 3.63) is 35.7 Å². The second-order valence-electron chi connectivity index (χ2n) is 9.77. The number of nitrogens with zero attached hydrogens (tertiary/aromatic N) is 4. The predicted octanol–water partition coefficient (Wildman–Crippen LogP) is 3.07. The van der Waals surface area contributed by atoms with Crippen LogP contribution in [0.3, 0.4) is 0 Å². The first-order valence-corrected chi connectivity index (χ1v) is 12.8. The van der Waals surface area contributed by atoms with Crippen molar-refractivity contribution in [2.75, 3.05) is 48.0 Å². The summed E-state index contributed by atoms with van der Waals surface area (Å²) in [5.41, 5.74) is 2.09. The molecule has 2 aromatic rings. The van der Waals surface area contributed by atoms with E-state index in [1.54, 1.807) is 43.1 Å². The average Bonchev–Trinajstić information content (AvgIpc) is 2.83. The summed E-state index contributed by atoms with van der Waals surface area (Å²) in [6.45, 7) is 9.80. The summed E-state index contributed by atoms with van der Waals surface area (Å²) in [4.78, 5) is 39.0. The first-order chi connectivity index (χ1) is 17.7. The number of rotatable bonds is 9. The van der Waals surface area contributed by atoms with Crippen LogP contribution in [-0.2, 0) is 4.74 Å². The number of carbonyl (C=O) groups excluding carboxylic acids is 2. The fourth-order valence-electron chi connectivity index (χ4n) is 4.69. The van der Waals surface area contributed by atoms with E-state index in [0.29, 0.717) is 55.8 Å². The van der Waals surface area contributed by atoms with Crippen LogP contribution in [0.15, 0.2) is 24.4 Å². The summed E-state index contributed by atoms with van der Waals surface area (Å²) >= 11 is 0. The number of hydrogen-bond donors (Lipinski definition) is 3. The monoisotopic (exact) mass is 512 g/mol. The highest BCUT2D eigenvalue weighted by atomic mass is 16.6. The van der Waals surface area contributed by atoms with Gasteiger partial charge in [-0.05, 0) is 58.2 Å². The van der Waals surface area contributed by atoms with Crippen molar-refractivity contribution in [1.29, 1.82) is 0 Å². The van der Waals surface area contributed by atoms with E-state index in [4.69, 9.17) is 9.47 Å². The summed E-state index contributed by atoms with van der Waals surface area (Å²) in [5.74, 6) is -0.0340. The summed E-state index contributed by atoms with van der Waals surface area (Å²) in [5, 5.41) is 15.3. The lowest BCUT2D eigenvalue weighted by atomic mass is 9.98. The van der Waals surface area contributed by atoms with Gasteiger partial charge in [-0.1, -0.05) is 0 Å². The van der Waals surface area contributed by atoms with Crippen molar-refractivity contribution >= 4 is 29.3 Å². The molecule has 3 amide bonds. The molecule has 1 unspecified atom stereocenters. The van der Waals surface area contributed by atoms with Crippen LogP contribution in [-0.4, -0.2) is 71.7 Å². The van der Waals surface area contributed by atoms with E-state index >= 15 is 0 Å². The fraction of sp³-hybridized carbons (Fsp3) is 0.538. The molecule has 1 atom stereocenters. The van der Waals surface area contributed by atoms with E-state index in [1.165, 1.54) is 0 Å². The molecule has 11 nitrogen and oxygen atoms in total. The number of aliphatic hydroxyl groups is 1. The number of aromatic nitrogens is 2. The van der Waals surface area contributed by atoms with Crippen molar-refractivity contribution in [2.45, 2.75) is 58.8 Å². The van der Waals surface area contributed by atoms with Crippen molar-refractivity contribution in [2.24, 2.45) is 0 Å². The van der Waals surface area contributed by atoms with Crippen LogP contribution in [0.5, 0.6) is 5.75 Å². The Labute approximate surface area is 217 Å². The molecule has 0 radical (unpaired) electrons. The predicted molar refractivity (Wildman–Crippen MR) is 140 cm³/mol. The minimum Gasteiger partial charge on any atom is -0.493 e. The molecular formula is C26H36N6O5. The van der Waals surface area contributed by atoms with E-state index in [1.807, 2.05) is 13.8 Å². The number of carbonyl (C=O) groups is 2. The van der Waals surface area contributed by atoms with Crippen molar-refractivity contribution < 1.29 is 24.2 Å². The molecule has 3 N–H and O–H groups in total. The normalized spacial score (nSPS) is 16.7.